The van der Waals surface area contributed by atoms with E-state index in [0.717, 1.165) is 51.4 Å². The van der Waals surface area contributed by atoms with Crippen molar-refractivity contribution >= 4 is 22.1 Å². The molecule has 0 bridgehead atoms. The minimum Gasteiger partial charge on any atom is -1.00 e. The zero-order valence-corrected chi connectivity index (χ0v) is 25.3. The quantitative estimate of drug-likeness (QED) is 0.153. The molecule has 4 N–H and O–H groups in total. The summed E-state index contributed by atoms with van der Waals surface area (Å²) >= 11 is 0. The van der Waals surface area contributed by atoms with E-state index in [1.165, 1.54) is 0 Å². The number of carbonyl (C=O) groups is 2. The van der Waals surface area contributed by atoms with E-state index in [-0.39, 0.29) is 93.2 Å². The van der Waals surface area contributed by atoms with Gasteiger partial charge in [-0.1, -0.05) is 66.2 Å². The first kappa shape index (κ1) is 39.0. The molecule has 0 rings (SSSR count). The maximum absolute atomic E-state index is 12.2. The van der Waals surface area contributed by atoms with E-state index < -0.39 is 33.7 Å². The number of esters is 2. The molecule has 0 aliphatic rings. The monoisotopic (exact) mass is 487 g/mol. The molecule has 0 amide bonds. The third-order valence-corrected chi connectivity index (χ3v) is 6.08. The Labute approximate surface area is 236 Å². The summed E-state index contributed by atoms with van der Waals surface area (Å²) in [4.78, 5) is 24.2. The van der Waals surface area contributed by atoms with Crippen molar-refractivity contribution in [2.24, 2.45) is 11.8 Å². The standard InChI is InChI=1S/C20H38O7S.H3N.2Na.2H/c1-5-9-11-16(7-3)14-26-19(21)13-18(28(23,24)25)20(22)27-15-17(8-4)12-10-6-2;;;;;/h16-18H,5-15H2,1-4H3,(H,23,24,25);1H3;;;;/q;;2*+1;2*-1. The summed E-state index contributed by atoms with van der Waals surface area (Å²) in [6, 6.07) is 0. The van der Waals surface area contributed by atoms with Crippen LogP contribution in [-0.2, 0) is 29.2 Å². The molecule has 0 aromatic rings. The average Bonchev–Trinajstić information content (AvgIpc) is 2.65. The topological polar surface area (TPSA) is 142 Å². The third kappa shape index (κ3) is 18.9. The predicted octanol–water partition coefficient (Wildman–Crippen LogP) is -1.45. The van der Waals surface area contributed by atoms with Gasteiger partial charge in [0.2, 0.25) is 0 Å². The van der Waals surface area contributed by atoms with E-state index in [9.17, 15) is 22.6 Å². The Balaban J connectivity index is -0.000000364. The predicted molar refractivity (Wildman–Crippen MR) is 116 cm³/mol. The Hall–Kier alpha value is 0.810. The summed E-state index contributed by atoms with van der Waals surface area (Å²) in [6.45, 7) is 8.35. The molecule has 0 spiro atoms. The van der Waals surface area contributed by atoms with Gasteiger partial charge in [0.15, 0.2) is 5.25 Å². The summed E-state index contributed by atoms with van der Waals surface area (Å²) in [5.74, 6) is -1.61. The van der Waals surface area contributed by atoms with Gasteiger partial charge in [-0.2, -0.15) is 8.42 Å². The van der Waals surface area contributed by atoms with E-state index in [4.69, 9.17) is 9.47 Å². The number of rotatable bonds is 16. The maximum Gasteiger partial charge on any atom is 1.00 e. The fraction of sp³-hybridized carbons (Fsp3) is 0.900. The van der Waals surface area contributed by atoms with E-state index in [1.54, 1.807) is 0 Å². The molecule has 3 unspecified atom stereocenters. The molecule has 0 fully saturated rings. The van der Waals surface area contributed by atoms with Gasteiger partial charge in [0, 0.05) is 0 Å². The number of carbonyl (C=O) groups excluding carboxylic acids is 2. The van der Waals surface area contributed by atoms with Crippen molar-refractivity contribution in [1.29, 1.82) is 0 Å². The molecule has 11 heteroatoms. The van der Waals surface area contributed by atoms with Crippen molar-refractivity contribution < 1.29 is 94.0 Å². The Morgan fingerprint density at radius 1 is 0.871 bits per heavy atom. The van der Waals surface area contributed by atoms with Crippen LogP contribution in [0, 0.1) is 11.8 Å². The minimum atomic E-state index is -4.76. The van der Waals surface area contributed by atoms with E-state index >= 15 is 0 Å². The summed E-state index contributed by atoms with van der Waals surface area (Å²) < 4.78 is 42.8. The van der Waals surface area contributed by atoms with Crippen molar-refractivity contribution in [3.63, 3.8) is 0 Å². The summed E-state index contributed by atoms with van der Waals surface area (Å²) in [5.41, 5.74) is 0. The molecule has 178 valence electrons. The molecule has 0 aliphatic carbocycles. The average molecular weight is 488 g/mol. The smallest absolute Gasteiger partial charge is 1.00 e. The molecule has 0 aliphatic heterocycles. The second-order valence-electron chi connectivity index (χ2n) is 7.35. The van der Waals surface area contributed by atoms with Crippen molar-refractivity contribution in [2.75, 3.05) is 13.2 Å². The minimum absolute atomic E-state index is 0. The van der Waals surface area contributed by atoms with Crippen LogP contribution in [0.5, 0.6) is 0 Å². The summed E-state index contributed by atoms with van der Waals surface area (Å²) in [5, 5.41) is -1.95. The SMILES string of the molecule is CCCCC(CC)COC(=O)CC(C(=O)OCC(CC)CCCC)S(=O)(=O)O.N.[H-].[H-].[Na+].[Na+]. The first-order valence-electron chi connectivity index (χ1n) is 10.5. The second kappa shape index (κ2) is 22.6. The molecular weight excluding hydrogens is 444 g/mol. The molecule has 0 saturated carbocycles. The van der Waals surface area contributed by atoms with Crippen molar-refractivity contribution in [3.8, 4) is 0 Å². The molecule has 0 aromatic heterocycles. The van der Waals surface area contributed by atoms with Gasteiger partial charge in [-0.3, -0.25) is 14.1 Å². The molecular formula is C20H43NNa2O7S. The fourth-order valence-electron chi connectivity index (χ4n) is 2.82. The van der Waals surface area contributed by atoms with Crippen molar-refractivity contribution in [3.05, 3.63) is 0 Å². The third-order valence-electron chi connectivity index (χ3n) is 5.00. The van der Waals surface area contributed by atoms with E-state index in [1.807, 2.05) is 13.8 Å². The Morgan fingerprint density at radius 2 is 1.29 bits per heavy atom. The first-order valence-corrected chi connectivity index (χ1v) is 12.0. The Kier molecular flexibility index (Phi) is 28.5. The molecule has 0 heterocycles. The van der Waals surface area contributed by atoms with E-state index in [2.05, 4.69) is 13.8 Å². The summed E-state index contributed by atoms with van der Waals surface area (Å²) in [7, 11) is -4.76. The Morgan fingerprint density at radius 3 is 1.65 bits per heavy atom. The van der Waals surface area contributed by atoms with Crippen molar-refractivity contribution in [2.45, 2.75) is 90.7 Å². The normalized spacial score (nSPS) is 13.5. The molecule has 0 radical (unpaired) electrons. The van der Waals surface area contributed by atoms with Gasteiger partial charge in [-0.25, -0.2) is 0 Å². The van der Waals surface area contributed by atoms with Crippen LogP contribution in [0.2, 0.25) is 0 Å². The van der Waals surface area contributed by atoms with Crippen LogP contribution < -0.4 is 65.3 Å². The van der Waals surface area contributed by atoms with Gasteiger partial charge in [-0.05, 0) is 24.7 Å². The first-order chi connectivity index (χ1) is 13.2. The Bertz CT molecular complexity index is 573. The fourth-order valence-corrected chi connectivity index (χ4v) is 3.48. The maximum atomic E-state index is 12.2. The number of unbranched alkanes of at least 4 members (excludes halogenated alkanes) is 2. The van der Waals surface area contributed by atoms with E-state index in [0.29, 0.717) is 0 Å². The number of hydrogen-bond donors (Lipinski definition) is 2. The molecule has 8 nitrogen and oxygen atoms in total. The van der Waals surface area contributed by atoms with Crippen LogP contribution >= 0.6 is 0 Å². The molecule has 31 heavy (non-hydrogen) atoms. The van der Waals surface area contributed by atoms with Gasteiger partial charge < -0.3 is 18.5 Å². The van der Waals surface area contributed by atoms with Gasteiger partial charge in [0.25, 0.3) is 10.1 Å². The number of ether oxygens (including phenoxy) is 2. The zero-order chi connectivity index (χ0) is 21.6. The second-order valence-corrected chi connectivity index (χ2v) is 8.95. The van der Waals surface area contributed by atoms with Crippen LogP contribution in [0.25, 0.3) is 0 Å². The molecule has 0 saturated heterocycles. The van der Waals surface area contributed by atoms with Gasteiger partial charge >= 0.3 is 71.1 Å². The van der Waals surface area contributed by atoms with Crippen LogP contribution in [-0.4, -0.2) is 43.4 Å². The molecule has 3 atom stereocenters. The van der Waals surface area contributed by atoms with Crippen LogP contribution in [0.1, 0.15) is 88.3 Å². The van der Waals surface area contributed by atoms with Crippen LogP contribution in [0.4, 0.5) is 0 Å². The van der Waals surface area contributed by atoms with Crippen LogP contribution in [0.3, 0.4) is 0 Å². The van der Waals surface area contributed by atoms with Crippen molar-refractivity contribution in [1.82, 2.24) is 6.15 Å². The molecule has 0 aromatic carbocycles. The number of hydrogen-bond acceptors (Lipinski definition) is 7. The van der Waals surface area contributed by atoms with Gasteiger partial charge in [0.1, 0.15) is 0 Å². The summed E-state index contributed by atoms with van der Waals surface area (Å²) in [6.07, 6.45) is 6.74. The zero-order valence-electron chi connectivity index (χ0n) is 22.5. The largest absolute Gasteiger partial charge is 1.00 e. The van der Waals surface area contributed by atoms with Crippen LogP contribution in [0.15, 0.2) is 0 Å². The van der Waals surface area contributed by atoms with Gasteiger partial charge in [0.05, 0.1) is 19.6 Å². The van der Waals surface area contributed by atoms with Gasteiger partial charge in [-0.15, -0.1) is 0 Å².